The number of hydrogen-bond donors (Lipinski definition) is 1. The van der Waals surface area contributed by atoms with Crippen LogP contribution in [0.5, 0.6) is 0 Å². The average Bonchev–Trinajstić information content (AvgIpc) is 2.74. The maximum absolute atomic E-state index is 13.0. The zero-order valence-corrected chi connectivity index (χ0v) is 17.7. The Balaban J connectivity index is 2.39. The van der Waals surface area contributed by atoms with Crippen molar-refractivity contribution in [3.8, 4) is 11.3 Å². The molecule has 8 heteroatoms. The van der Waals surface area contributed by atoms with Gasteiger partial charge in [0.05, 0.1) is 37.7 Å². The molecule has 1 heterocycles. The highest BCUT2D eigenvalue weighted by molar-refractivity contribution is 6.02. The Morgan fingerprint density at radius 2 is 1.67 bits per heavy atom. The standard InChI is InChI=1S/C22H26N2O6/c1-22(2,3)30-13-17(21(27)29-5)24-19(25)15-11-12-16(20(26)28-4)23-18(15)14-9-7-6-8-10-14/h6-12,17H,13H2,1-5H3,(H,24,25)/t17-/m0/s1. The minimum absolute atomic E-state index is 0.0593. The van der Waals surface area contributed by atoms with Gasteiger partial charge >= 0.3 is 11.9 Å². The molecular weight excluding hydrogens is 388 g/mol. The molecule has 1 aromatic carbocycles. The first-order valence-corrected chi connectivity index (χ1v) is 9.33. The normalized spacial score (nSPS) is 12.0. The number of carbonyl (C=O) groups is 3. The van der Waals surface area contributed by atoms with Crippen molar-refractivity contribution in [1.82, 2.24) is 10.3 Å². The molecule has 0 spiro atoms. The molecule has 0 radical (unpaired) electrons. The van der Waals surface area contributed by atoms with Gasteiger partial charge in [-0.05, 0) is 32.9 Å². The first-order chi connectivity index (χ1) is 14.2. The van der Waals surface area contributed by atoms with Crippen molar-refractivity contribution in [2.75, 3.05) is 20.8 Å². The van der Waals surface area contributed by atoms with Crippen LogP contribution in [-0.4, -0.2) is 55.3 Å². The summed E-state index contributed by atoms with van der Waals surface area (Å²) in [6, 6.07) is 10.8. The first kappa shape index (κ1) is 23.0. The van der Waals surface area contributed by atoms with E-state index < -0.39 is 29.5 Å². The van der Waals surface area contributed by atoms with Gasteiger partial charge < -0.3 is 19.5 Å². The van der Waals surface area contributed by atoms with Crippen LogP contribution in [0.25, 0.3) is 11.3 Å². The number of hydrogen-bond acceptors (Lipinski definition) is 7. The number of ether oxygens (including phenoxy) is 3. The molecule has 30 heavy (non-hydrogen) atoms. The van der Waals surface area contributed by atoms with Crippen LogP contribution in [0.15, 0.2) is 42.5 Å². The van der Waals surface area contributed by atoms with E-state index in [2.05, 4.69) is 10.3 Å². The van der Waals surface area contributed by atoms with Gasteiger partial charge in [-0.1, -0.05) is 30.3 Å². The average molecular weight is 414 g/mol. The van der Waals surface area contributed by atoms with E-state index in [1.807, 2.05) is 26.8 Å². The lowest BCUT2D eigenvalue weighted by atomic mass is 10.0. The van der Waals surface area contributed by atoms with Gasteiger partial charge in [0.1, 0.15) is 5.69 Å². The zero-order valence-electron chi connectivity index (χ0n) is 17.7. The van der Waals surface area contributed by atoms with E-state index in [0.29, 0.717) is 5.56 Å². The number of benzene rings is 1. The van der Waals surface area contributed by atoms with Crippen LogP contribution >= 0.6 is 0 Å². The van der Waals surface area contributed by atoms with Crippen LogP contribution < -0.4 is 5.32 Å². The lowest BCUT2D eigenvalue weighted by Crippen LogP contribution is -2.46. The highest BCUT2D eigenvalue weighted by atomic mass is 16.5. The summed E-state index contributed by atoms with van der Waals surface area (Å²) in [4.78, 5) is 41.4. The molecule has 0 unspecified atom stereocenters. The number of amides is 1. The van der Waals surface area contributed by atoms with Crippen LogP contribution in [0, 0.1) is 0 Å². The number of esters is 2. The molecule has 2 aromatic rings. The summed E-state index contributed by atoms with van der Waals surface area (Å²) in [6.07, 6.45) is 0. The lowest BCUT2D eigenvalue weighted by Gasteiger charge is -2.24. The molecule has 0 aliphatic rings. The molecule has 1 atom stereocenters. The highest BCUT2D eigenvalue weighted by Crippen LogP contribution is 2.22. The van der Waals surface area contributed by atoms with Crippen LogP contribution in [0.4, 0.5) is 0 Å². The molecule has 160 valence electrons. The number of aromatic nitrogens is 1. The number of pyridine rings is 1. The fourth-order valence-corrected chi connectivity index (χ4v) is 2.56. The van der Waals surface area contributed by atoms with E-state index in [9.17, 15) is 14.4 Å². The SMILES string of the molecule is COC(=O)c1ccc(C(=O)N[C@@H](COC(C)(C)C)C(=O)OC)c(-c2ccccc2)n1. The third-order valence-electron chi connectivity index (χ3n) is 4.06. The molecule has 1 N–H and O–H groups in total. The fraction of sp³-hybridized carbons (Fsp3) is 0.364. The van der Waals surface area contributed by atoms with Crippen molar-refractivity contribution in [2.45, 2.75) is 32.4 Å². The van der Waals surface area contributed by atoms with Gasteiger partial charge in [-0.25, -0.2) is 14.6 Å². The quantitative estimate of drug-likeness (QED) is 0.695. The van der Waals surface area contributed by atoms with Crippen molar-refractivity contribution in [3.63, 3.8) is 0 Å². The maximum atomic E-state index is 13.0. The largest absolute Gasteiger partial charge is 0.467 e. The van der Waals surface area contributed by atoms with E-state index in [1.165, 1.54) is 26.4 Å². The van der Waals surface area contributed by atoms with E-state index in [4.69, 9.17) is 14.2 Å². The topological polar surface area (TPSA) is 104 Å². The molecule has 1 amide bonds. The van der Waals surface area contributed by atoms with Crippen LogP contribution in [0.1, 0.15) is 41.6 Å². The van der Waals surface area contributed by atoms with Gasteiger partial charge in [0.2, 0.25) is 0 Å². The minimum atomic E-state index is -1.01. The van der Waals surface area contributed by atoms with E-state index in [-0.39, 0.29) is 23.6 Å². The Hall–Kier alpha value is -3.26. The fourth-order valence-electron chi connectivity index (χ4n) is 2.56. The van der Waals surface area contributed by atoms with Gasteiger partial charge in [-0.2, -0.15) is 0 Å². The van der Waals surface area contributed by atoms with E-state index in [0.717, 1.165) is 0 Å². The Kier molecular flexibility index (Phi) is 7.66. The lowest BCUT2D eigenvalue weighted by molar-refractivity contribution is -0.146. The van der Waals surface area contributed by atoms with Crippen LogP contribution in [-0.2, 0) is 19.0 Å². The Bertz CT molecular complexity index is 906. The monoisotopic (exact) mass is 414 g/mol. The third kappa shape index (κ3) is 6.12. The molecule has 0 saturated carbocycles. The number of rotatable bonds is 7. The third-order valence-corrected chi connectivity index (χ3v) is 4.06. The predicted molar refractivity (Wildman–Crippen MR) is 110 cm³/mol. The molecular formula is C22H26N2O6. The van der Waals surface area contributed by atoms with E-state index >= 15 is 0 Å². The summed E-state index contributed by atoms with van der Waals surface area (Å²) in [5, 5.41) is 2.63. The molecule has 8 nitrogen and oxygen atoms in total. The number of methoxy groups -OCH3 is 2. The number of nitrogens with zero attached hydrogens (tertiary/aromatic N) is 1. The summed E-state index contributed by atoms with van der Waals surface area (Å²) in [5.41, 5.74) is 0.674. The Morgan fingerprint density at radius 1 is 1.00 bits per heavy atom. The van der Waals surface area contributed by atoms with Crippen molar-refractivity contribution in [2.24, 2.45) is 0 Å². The van der Waals surface area contributed by atoms with Crippen molar-refractivity contribution >= 4 is 17.8 Å². The smallest absolute Gasteiger partial charge is 0.356 e. The first-order valence-electron chi connectivity index (χ1n) is 9.33. The molecule has 0 fully saturated rings. The summed E-state index contributed by atoms with van der Waals surface area (Å²) < 4.78 is 15.1. The van der Waals surface area contributed by atoms with Crippen LogP contribution in [0.3, 0.4) is 0 Å². The van der Waals surface area contributed by atoms with Gasteiger partial charge in [0.25, 0.3) is 5.91 Å². The Morgan fingerprint density at radius 3 is 2.23 bits per heavy atom. The highest BCUT2D eigenvalue weighted by Gasteiger charge is 2.27. The second-order valence-electron chi connectivity index (χ2n) is 7.42. The molecule has 0 aliphatic carbocycles. The molecule has 0 aliphatic heterocycles. The summed E-state index contributed by atoms with van der Waals surface area (Å²) in [7, 11) is 2.49. The molecule has 0 bridgehead atoms. The zero-order chi connectivity index (χ0) is 22.3. The summed E-state index contributed by atoms with van der Waals surface area (Å²) >= 11 is 0. The van der Waals surface area contributed by atoms with Crippen molar-refractivity contribution in [1.29, 1.82) is 0 Å². The minimum Gasteiger partial charge on any atom is -0.467 e. The van der Waals surface area contributed by atoms with Gasteiger partial charge in [-0.3, -0.25) is 4.79 Å². The second kappa shape index (κ2) is 9.98. The maximum Gasteiger partial charge on any atom is 0.356 e. The van der Waals surface area contributed by atoms with Crippen LogP contribution in [0.2, 0.25) is 0 Å². The van der Waals surface area contributed by atoms with Crippen molar-refractivity contribution in [3.05, 3.63) is 53.7 Å². The van der Waals surface area contributed by atoms with Gasteiger partial charge in [0, 0.05) is 5.56 Å². The van der Waals surface area contributed by atoms with Gasteiger partial charge in [-0.15, -0.1) is 0 Å². The summed E-state index contributed by atoms with van der Waals surface area (Å²) in [6.45, 7) is 5.46. The molecule has 1 aromatic heterocycles. The second-order valence-corrected chi connectivity index (χ2v) is 7.42. The molecule has 0 saturated heterocycles. The number of carbonyl (C=O) groups excluding carboxylic acids is 3. The molecule has 2 rings (SSSR count). The number of nitrogens with one attached hydrogen (secondary N) is 1. The Labute approximate surface area is 175 Å². The predicted octanol–water partition coefficient (Wildman–Crippen LogP) is 2.62. The van der Waals surface area contributed by atoms with Gasteiger partial charge in [0.15, 0.2) is 6.04 Å². The summed E-state index contributed by atoms with van der Waals surface area (Å²) in [5.74, 6) is -1.80. The van der Waals surface area contributed by atoms with Crippen molar-refractivity contribution < 1.29 is 28.6 Å². The van der Waals surface area contributed by atoms with E-state index in [1.54, 1.807) is 24.3 Å².